The van der Waals surface area contributed by atoms with Crippen LogP contribution in [0.4, 0.5) is 5.69 Å². The highest BCUT2D eigenvalue weighted by Gasteiger charge is 2.15. The van der Waals surface area contributed by atoms with Crippen molar-refractivity contribution in [1.29, 1.82) is 0 Å². The fourth-order valence-corrected chi connectivity index (χ4v) is 4.87. The number of nitrogens with zero attached hydrogens (tertiary/aromatic N) is 4. The molecule has 0 amide bonds. The molecular weight excluding hydrogens is 476 g/mol. The topological polar surface area (TPSA) is 72.8 Å². The zero-order chi connectivity index (χ0) is 21.8. The molecule has 0 radical (unpaired) electrons. The largest absolute Gasteiger partial charge is 0.269 e. The van der Waals surface area contributed by atoms with Crippen molar-refractivity contribution < 1.29 is 4.92 Å². The SMILES string of the molecule is CC(=Nn1c(-c2ccc([N+](=O)[O-])cc2)csc1=NC1CCCCC1)c1ccc(Br)cc1. The number of hydrogen-bond acceptors (Lipinski definition) is 5. The Bertz CT molecular complexity index is 1160. The quantitative estimate of drug-likeness (QED) is 0.232. The first-order valence-electron chi connectivity index (χ1n) is 10.3. The number of nitro benzene ring substituents is 1. The number of thiazole rings is 1. The van der Waals surface area contributed by atoms with Crippen LogP contribution in [0, 0.1) is 10.1 Å². The summed E-state index contributed by atoms with van der Waals surface area (Å²) in [7, 11) is 0. The van der Waals surface area contributed by atoms with Gasteiger partial charge in [-0.3, -0.25) is 15.1 Å². The lowest BCUT2D eigenvalue weighted by Gasteiger charge is -2.17. The molecule has 0 unspecified atom stereocenters. The number of non-ortho nitro benzene ring substituents is 1. The first kappa shape index (κ1) is 21.6. The van der Waals surface area contributed by atoms with Gasteiger partial charge in [-0.1, -0.05) is 47.3 Å². The van der Waals surface area contributed by atoms with Crippen molar-refractivity contribution in [2.45, 2.75) is 45.1 Å². The Hall–Kier alpha value is -2.58. The van der Waals surface area contributed by atoms with Gasteiger partial charge in [0.15, 0.2) is 0 Å². The molecule has 4 rings (SSSR count). The predicted octanol–water partition coefficient (Wildman–Crippen LogP) is 6.39. The number of halogens is 1. The molecule has 0 bridgehead atoms. The molecule has 8 heteroatoms. The second-order valence-electron chi connectivity index (χ2n) is 7.63. The van der Waals surface area contributed by atoms with E-state index in [-0.39, 0.29) is 10.6 Å². The Kier molecular flexibility index (Phi) is 6.77. The standard InChI is InChI=1S/C23H23BrN4O2S/c1-16(17-7-11-19(24)12-8-17)26-27-22(18-9-13-21(14-10-18)28(29)30)15-31-23(27)25-20-5-3-2-4-6-20/h7-15,20H,2-6H2,1H3. The number of hydrogen-bond donors (Lipinski definition) is 0. The van der Waals surface area contributed by atoms with Gasteiger partial charge in [0.05, 0.1) is 22.4 Å². The van der Waals surface area contributed by atoms with Gasteiger partial charge in [-0.15, -0.1) is 11.3 Å². The lowest BCUT2D eigenvalue weighted by atomic mass is 9.96. The number of aromatic nitrogens is 1. The van der Waals surface area contributed by atoms with Crippen LogP contribution in [0.3, 0.4) is 0 Å². The Morgan fingerprint density at radius 3 is 2.42 bits per heavy atom. The maximum absolute atomic E-state index is 11.0. The van der Waals surface area contributed by atoms with Gasteiger partial charge in [-0.25, -0.2) is 4.68 Å². The first-order valence-corrected chi connectivity index (χ1v) is 12.0. The van der Waals surface area contributed by atoms with Crippen LogP contribution in [0.5, 0.6) is 0 Å². The van der Waals surface area contributed by atoms with E-state index in [1.54, 1.807) is 23.5 Å². The molecule has 0 N–H and O–H groups in total. The van der Waals surface area contributed by atoms with Crippen LogP contribution in [-0.2, 0) is 0 Å². The average molecular weight is 499 g/mol. The van der Waals surface area contributed by atoms with Crippen LogP contribution in [0.25, 0.3) is 11.3 Å². The van der Waals surface area contributed by atoms with E-state index in [0.29, 0.717) is 6.04 Å². The maximum atomic E-state index is 11.0. The normalized spacial score (nSPS) is 15.9. The summed E-state index contributed by atoms with van der Waals surface area (Å²) in [5.41, 5.74) is 3.73. The van der Waals surface area contributed by atoms with Crippen molar-refractivity contribution in [3.63, 3.8) is 0 Å². The molecular formula is C23H23BrN4O2S. The molecule has 3 aromatic rings. The summed E-state index contributed by atoms with van der Waals surface area (Å²) in [6.45, 7) is 1.98. The lowest BCUT2D eigenvalue weighted by molar-refractivity contribution is -0.384. The van der Waals surface area contributed by atoms with Crippen molar-refractivity contribution in [2.24, 2.45) is 10.1 Å². The first-order chi connectivity index (χ1) is 15.0. The van der Waals surface area contributed by atoms with Crippen molar-refractivity contribution in [3.8, 4) is 11.3 Å². The summed E-state index contributed by atoms with van der Waals surface area (Å²) in [5.74, 6) is 0. The molecule has 0 spiro atoms. The van der Waals surface area contributed by atoms with Gasteiger partial charge in [-0.2, -0.15) is 5.10 Å². The van der Waals surface area contributed by atoms with Gasteiger partial charge in [0.1, 0.15) is 0 Å². The molecule has 1 aliphatic carbocycles. The summed E-state index contributed by atoms with van der Waals surface area (Å²) in [4.78, 5) is 16.5. The molecule has 6 nitrogen and oxygen atoms in total. The van der Waals surface area contributed by atoms with Gasteiger partial charge < -0.3 is 0 Å². The molecule has 0 atom stereocenters. The Morgan fingerprint density at radius 2 is 1.77 bits per heavy atom. The minimum absolute atomic E-state index is 0.0761. The van der Waals surface area contributed by atoms with Crippen molar-refractivity contribution >= 4 is 38.7 Å². The molecule has 31 heavy (non-hydrogen) atoms. The monoisotopic (exact) mass is 498 g/mol. The third-order valence-corrected chi connectivity index (χ3v) is 6.80. The van der Waals surface area contributed by atoms with Crippen LogP contribution < -0.4 is 4.80 Å². The van der Waals surface area contributed by atoms with Crippen molar-refractivity contribution in [1.82, 2.24) is 4.68 Å². The molecule has 1 heterocycles. The van der Waals surface area contributed by atoms with Crippen molar-refractivity contribution in [3.05, 3.63) is 78.9 Å². The smallest absolute Gasteiger partial charge is 0.258 e. The number of benzene rings is 2. The third-order valence-electron chi connectivity index (χ3n) is 5.44. The Labute approximate surface area is 193 Å². The molecule has 1 fully saturated rings. The minimum atomic E-state index is -0.384. The second kappa shape index (κ2) is 9.70. The lowest BCUT2D eigenvalue weighted by Crippen LogP contribution is -2.19. The molecule has 2 aromatic carbocycles. The highest BCUT2D eigenvalue weighted by Crippen LogP contribution is 2.25. The van der Waals surface area contributed by atoms with E-state index in [1.807, 2.05) is 41.2 Å². The number of nitro groups is 1. The summed E-state index contributed by atoms with van der Waals surface area (Å²) in [6, 6.07) is 15.0. The highest BCUT2D eigenvalue weighted by molar-refractivity contribution is 9.10. The Balaban J connectivity index is 1.79. The van der Waals surface area contributed by atoms with Crippen LogP contribution >= 0.6 is 27.3 Å². The second-order valence-corrected chi connectivity index (χ2v) is 9.38. The average Bonchev–Trinajstić information content (AvgIpc) is 3.17. The molecule has 1 aromatic heterocycles. The van der Waals surface area contributed by atoms with Crippen LogP contribution in [0.2, 0.25) is 0 Å². The molecule has 0 aliphatic heterocycles. The zero-order valence-corrected chi connectivity index (χ0v) is 19.6. The van der Waals surface area contributed by atoms with E-state index in [4.69, 9.17) is 10.1 Å². The minimum Gasteiger partial charge on any atom is -0.258 e. The molecule has 1 saturated carbocycles. The third kappa shape index (κ3) is 5.19. The highest BCUT2D eigenvalue weighted by atomic mass is 79.9. The maximum Gasteiger partial charge on any atom is 0.269 e. The van der Waals surface area contributed by atoms with Gasteiger partial charge in [-0.05, 0) is 49.6 Å². The molecule has 160 valence electrons. The van der Waals surface area contributed by atoms with Gasteiger partial charge in [0, 0.05) is 27.5 Å². The van der Waals surface area contributed by atoms with E-state index < -0.39 is 0 Å². The fraction of sp³-hybridized carbons (Fsp3) is 0.304. The van der Waals surface area contributed by atoms with Crippen LogP contribution in [-0.4, -0.2) is 21.4 Å². The van der Waals surface area contributed by atoms with Crippen LogP contribution in [0.15, 0.2) is 68.5 Å². The summed E-state index contributed by atoms with van der Waals surface area (Å²) in [5, 5.41) is 18.0. The van der Waals surface area contributed by atoms with E-state index in [0.717, 1.165) is 44.6 Å². The van der Waals surface area contributed by atoms with Crippen LogP contribution in [0.1, 0.15) is 44.6 Å². The van der Waals surface area contributed by atoms with E-state index in [2.05, 4.69) is 15.9 Å². The van der Waals surface area contributed by atoms with E-state index >= 15 is 0 Å². The summed E-state index contributed by atoms with van der Waals surface area (Å²) in [6.07, 6.45) is 5.94. The summed E-state index contributed by atoms with van der Waals surface area (Å²) >= 11 is 5.04. The van der Waals surface area contributed by atoms with Crippen molar-refractivity contribution in [2.75, 3.05) is 0 Å². The zero-order valence-electron chi connectivity index (χ0n) is 17.2. The van der Waals surface area contributed by atoms with Gasteiger partial charge in [0.25, 0.3) is 5.69 Å². The Morgan fingerprint density at radius 1 is 1.10 bits per heavy atom. The predicted molar refractivity (Wildman–Crippen MR) is 129 cm³/mol. The van der Waals surface area contributed by atoms with E-state index in [9.17, 15) is 10.1 Å². The van der Waals surface area contributed by atoms with E-state index in [1.165, 1.54) is 31.4 Å². The molecule has 0 saturated heterocycles. The number of rotatable bonds is 5. The summed E-state index contributed by atoms with van der Waals surface area (Å²) < 4.78 is 2.91. The fourth-order valence-electron chi connectivity index (χ4n) is 3.70. The molecule has 1 aliphatic rings. The van der Waals surface area contributed by atoms with Gasteiger partial charge >= 0.3 is 0 Å². The van der Waals surface area contributed by atoms with Gasteiger partial charge in [0.2, 0.25) is 4.80 Å².